The minimum Gasteiger partial charge on any atom is -0.486 e. The maximum absolute atomic E-state index is 12.1. The Balaban J connectivity index is 1.52. The summed E-state index contributed by atoms with van der Waals surface area (Å²) in [6, 6.07) is 6.02. The van der Waals surface area contributed by atoms with Gasteiger partial charge >= 0.3 is 0 Å². The van der Waals surface area contributed by atoms with E-state index in [9.17, 15) is 4.79 Å². The standard InChI is InChI=1S/C19H27NO4/c1-19(2,13-20-18(21)8-6-15-4-3-9-22-15)14-5-7-16-17(12-14)24-11-10-23-16/h5,7,12,15H,3-4,6,8-11,13H2,1-2H3,(H,20,21)/t15-/m0/s1. The first-order valence-electron chi connectivity index (χ1n) is 8.83. The van der Waals surface area contributed by atoms with E-state index < -0.39 is 0 Å². The van der Waals surface area contributed by atoms with Gasteiger partial charge in [-0.15, -0.1) is 0 Å². The molecule has 0 bridgehead atoms. The predicted octanol–water partition coefficient (Wildman–Crippen LogP) is 2.81. The van der Waals surface area contributed by atoms with E-state index in [1.54, 1.807) is 0 Å². The monoisotopic (exact) mass is 333 g/mol. The van der Waals surface area contributed by atoms with Crippen molar-refractivity contribution in [2.75, 3.05) is 26.4 Å². The quantitative estimate of drug-likeness (QED) is 0.870. The smallest absolute Gasteiger partial charge is 0.220 e. The zero-order valence-electron chi connectivity index (χ0n) is 14.6. The van der Waals surface area contributed by atoms with E-state index in [2.05, 4.69) is 19.2 Å². The molecule has 2 aliphatic heterocycles. The van der Waals surface area contributed by atoms with E-state index in [1.807, 2.05) is 18.2 Å². The van der Waals surface area contributed by atoms with Crippen molar-refractivity contribution < 1.29 is 19.0 Å². The molecule has 5 nitrogen and oxygen atoms in total. The van der Waals surface area contributed by atoms with Crippen LogP contribution in [-0.2, 0) is 14.9 Å². The SMILES string of the molecule is CC(C)(CNC(=O)CC[C@@H]1CCCO1)c1ccc2c(c1)OCCO2. The Hall–Kier alpha value is -1.75. The summed E-state index contributed by atoms with van der Waals surface area (Å²) in [5, 5.41) is 3.06. The second-order valence-electron chi connectivity index (χ2n) is 7.19. The Kier molecular flexibility index (Phi) is 5.29. The zero-order chi connectivity index (χ0) is 17.0. The van der Waals surface area contributed by atoms with Crippen LogP contribution >= 0.6 is 0 Å². The number of hydrogen-bond donors (Lipinski definition) is 1. The maximum Gasteiger partial charge on any atom is 0.220 e. The normalized spacial score (nSPS) is 20.0. The molecular weight excluding hydrogens is 306 g/mol. The molecular formula is C19H27NO4. The highest BCUT2D eigenvalue weighted by atomic mass is 16.6. The summed E-state index contributed by atoms with van der Waals surface area (Å²) in [4.78, 5) is 12.1. The third kappa shape index (κ3) is 4.20. The molecule has 132 valence electrons. The molecule has 24 heavy (non-hydrogen) atoms. The van der Waals surface area contributed by atoms with Crippen molar-refractivity contribution in [2.45, 2.75) is 51.0 Å². The highest BCUT2D eigenvalue weighted by molar-refractivity contribution is 5.76. The molecule has 1 N–H and O–H groups in total. The molecule has 1 atom stereocenters. The molecule has 0 radical (unpaired) electrons. The van der Waals surface area contributed by atoms with Gasteiger partial charge in [0.15, 0.2) is 11.5 Å². The van der Waals surface area contributed by atoms with Crippen LogP contribution in [0.1, 0.15) is 45.1 Å². The van der Waals surface area contributed by atoms with Crippen molar-refractivity contribution in [1.29, 1.82) is 0 Å². The molecule has 2 heterocycles. The molecule has 0 aromatic heterocycles. The number of hydrogen-bond acceptors (Lipinski definition) is 4. The van der Waals surface area contributed by atoms with Crippen LogP contribution in [0.4, 0.5) is 0 Å². The highest BCUT2D eigenvalue weighted by Gasteiger charge is 2.24. The molecule has 1 fully saturated rings. The summed E-state index contributed by atoms with van der Waals surface area (Å²) in [5.41, 5.74) is 0.959. The van der Waals surface area contributed by atoms with Crippen LogP contribution in [0.3, 0.4) is 0 Å². The lowest BCUT2D eigenvalue weighted by atomic mass is 9.84. The van der Waals surface area contributed by atoms with Gasteiger partial charge in [0.1, 0.15) is 13.2 Å². The third-order valence-electron chi connectivity index (χ3n) is 4.77. The van der Waals surface area contributed by atoms with Crippen molar-refractivity contribution in [1.82, 2.24) is 5.32 Å². The third-order valence-corrected chi connectivity index (χ3v) is 4.77. The van der Waals surface area contributed by atoms with E-state index in [0.29, 0.717) is 26.2 Å². The van der Waals surface area contributed by atoms with Crippen LogP contribution in [-0.4, -0.2) is 38.4 Å². The molecule has 5 heteroatoms. The summed E-state index contributed by atoms with van der Waals surface area (Å²) < 4.78 is 16.8. The second-order valence-corrected chi connectivity index (χ2v) is 7.19. The Morgan fingerprint density at radius 1 is 1.21 bits per heavy atom. The summed E-state index contributed by atoms with van der Waals surface area (Å²) in [7, 11) is 0. The fraction of sp³-hybridized carbons (Fsp3) is 0.632. The molecule has 0 spiro atoms. The van der Waals surface area contributed by atoms with Crippen LogP contribution in [0.25, 0.3) is 0 Å². The van der Waals surface area contributed by atoms with E-state index in [-0.39, 0.29) is 17.4 Å². The number of amides is 1. The molecule has 3 rings (SSSR count). The second kappa shape index (κ2) is 7.43. The zero-order valence-corrected chi connectivity index (χ0v) is 14.6. The number of carbonyl (C=O) groups is 1. The summed E-state index contributed by atoms with van der Waals surface area (Å²) >= 11 is 0. The maximum atomic E-state index is 12.1. The lowest BCUT2D eigenvalue weighted by Gasteiger charge is -2.28. The minimum atomic E-state index is -0.171. The number of nitrogens with one attached hydrogen (secondary N) is 1. The van der Waals surface area contributed by atoms with Gasteiger partial charge in [-0.2, -0.15) is 0 Å². The number of carbonyl (C=O) groups excluding carboxylic acids is 1. The van der Waals surface area contributed by atoms with Crippen molar-refractivity contribution in [3.63, 3.8) is 0 Å². The summed E-state index contributed by atoms with van der Waals surface area (Å²) in [5.74, 6) is 1.68. The van der Waals surface area contributed by atoms with Gasteiger partial charge in [0.2, 0.25) is 5.91 Å². The van der Waals surface area contributed by atoms with Gasteiger partial charge in [0.05, 0.1) is 6.10 Å². The summed E-state index contributed by atoms with van der Waals surface area (Å²) in [6.07, 6.45) is 3.80. The molecule has 2 aliphatic rings. The Labute approximate surface area is 143 Å². The van der Waals surface area contributed by atoms with Crippen molar-refractivity contribution in [3.8, 4) is 11.5 Å². The van der Waals surface area contributed by atoms with Gasteiger partial charge < -0.3 is 19.5 Å². The highest BCUT2D eigenvalue weighted by Crippen LogP contribution is 2.34. The molecule has 1 aromatic carbocycles. The minimum absolute atomic E-state index is 0.0936. The van der Waals surface area contributed by atoms with Gasteiger partial charge in [0.25, 0.3) is 0 Å². The molecule has 1 saturated heterocycles. The molecule has 0 saturated carbocycles. The van der Waals surface area contributed by atoms with E-state index in [4.69, 9.17) is 14.2 Å². The van der Waals surface area contributed by atoms with Gasteiger partial charge in [-0.25, -0.2) is 0 Å². The van der Waals surface area contributed by atoms with Crippen LogP contribution in [0.2, 0.25) is 0 Å². The molecule has 0 aliphatic carbocycles. The first-order chi connectivity index (χ1) is 11.5. The molecule has 1 amide bonds. The largest absolute Gasteiger partial charge is 0.486 e. The predicted molar refractivity (Wildman–Crippen MR) is 91.7 cm³/mol. The average molecular weight is 333 g/mol. The average Bonchev–Trinajstić information content (AvgIpc) is 3.11. The van der Waals surface area contributed by atoms with Crippen molar-refractivity contribution >= 4 is 5.91 Å². The van der Waals surface area contributed by atoms with E-state index >= 15 is 0 Å². The van der Waals surface area contributed by atoms with Crippen LogP contribution in [0, 0.1) is 0 Å². The Morgan fingerprint density at radius 3 is 2.75 bits per heavy atom. The van der Waals surface area contributed by atoms with Crippen molar-refractivity contribution in [2.24, 2.45) is 0 Å². The number of benzene rings is 1. The van der Waals surface area contributed by atoms with Gasteiger partial charge in [0, 0.05) is 25.0 Å². The number of ether oxygens (including phenoxy) is 3. The van der Waals surface area contributed by atoms with Crippen LogP contribution in [0.5, 0.6) is 11.5 Å². The van der Waals surface area contributed by atoms with E-state index in [1.165, 1.54) is 0 Å². The lowest BCUT2D eigenvalue weighted by molar-refractivity contribution is -0.121. The first kappa shape index (κ1) is 17.1. The lowest BCUT2D eigenvalue weighted by Crippen LogP contribution is -2.37. The number of fused-ring (bicyclic) bond motifs is 1. The van der Waals surface area contributed by atoms with Crippen LogP contribution in [0.15, 0.2) is 18.2 Å². The topological polar surface area (TPSA) is 56.8 Å². The molecule has 1 aromatic rings. The summed E-state index contributed by atoms with van der Waals surface area (Å²) in [6.45, 7) is 6.85. The van der Waals surface area contributed by atoms with Crippen LogP contribution < -0.4 is 14.8 Å². The van der Waals surface area contributed by atoms with Gasteiger partial charge in [-0.05, 0) is 37.0 Å². The van der Waals surface area contributed by atoms with Crippen molar-refractivity contribution in [3.05, 3.63) is 23.8 Å². The van der Waals surface area contributed by atoms with E-state index in [0.717, 1.165) is 42.9 Å². The van der Waals surface area contributed by atoms with Gasteiger partial charge in [-0.1, -0.05) is 19.9 Å². The van der Waals surface area contributed by atoms with Gasteiger partial charge in [-0.3, -0.25) is 4.79 Å². The fourth-order valence-electron chi connectivity index (χ4n) is 3.14. The first-order valence-corrected chi connectivity index (χ1v) is 8.83. The fourth-order valence-corrected chi connectivity index (χ4v) is 3.14. The molecule has 0 unspecified atom stereocenters. The Morgan fingerprint density at radius 2 is 2.00 bits per heavy atom. The number of rotatable bonds is 6. The Bertz CT molecular complexity index is 579.